The van der Waals surface area contributed by atoms with Crippen molar-refractivity contribution < 1.29 is 27.8 Å². The van der Waals surface area contributed by atoms with Crippen molar-refractivity contribution in [2.75, 3.05) is 6.54 Å². The van der Waals surface area contributed by atoms with Crippen molar-refractivity contribution in [2.45, 2.75) is 102 Å². The summed E-state index contributed by atoms with van der Waals surface area (Å²) in [5.41, 5.74) is 0.338. The van der Waals surface area contributed by atoms with Crippen molar-refractivity contribution in [1.29, 1.82) is 0 Å². The number of alkyl halides is 3. The molecule has 2 aliphatic heterocycles. The molecule has 202 valence electrons. The number of ether oxygens (including phenoxy) is 1. The predicted molar refractivity (Wildman–Crippen MR) is 138 cm³/mol. The number of aliphatic carboxylic acids is 1. The Morgan fingerprint density at radius 2 is 1.73 bits per heavy atom. The van der Waals surface area contributed by atoms with Crippen molar-refractivity contribution in [3.63, 3.8) is 0 Å². The van der Waals surface area contributed by atoms with Gasteiger partial charge in [-0.05, 0) is 86.1 Å². The van der Waals surface area contributed by atoms with Crippen LogP contribution in [0.5, 0.6) is 5.75 Å². The largest absolute Gasteiger partial charge is 0.490 e. The number of hydrogen-bond donors (Lipinski definition) is 1. The number of hydrogen-bond acceptors (Lipinski definition) is 3. The topological polar surface area (TPSA) is 49.8 Å². The second-order valence-electron chi connectivity index (χ2n) is 11.4. The van der Waals surface area contributed by atoms with Crippen LogP contribution in [-0.4, -0.2) is 40.7 Å². The fourth-order valence-electron chi connectivity index (χ4n) is 7.05. The molecule has 2 aromatic carbocycles. The minimum atomic E-state index is -4.50. The summed E-state index contributed by atoms with van der Waals surface area (Å²) in [5.74, 6) is -0.350. The molecular weight excluding hydrogens is 479 g/mol. The molecule has 3 fully saturated rings. The molecule has 1 saturated carbocycles. The van der Waals surface area contributed by atoms with Gasteiger partial charge in [0.2, 0.25) is 0 Å². The van der Waals surface area contributed by atoms with Crippen LogP contribution in [0.2, 0.25) is 0 Å². The second-order valence-corrected chi connectivity index (χ2v) is 11.4. The van der Waals surface area contributed by atoms with Crippen LogP contribution >= 0.6 is 0 Å². The molecular formula is C30H38F3NO3. The van der Waals surface area contributed by atoms with E-state index in [0.717, 1.165) is 69.9 Å². The van der Waals surface area contributed by atoms with E-state index in [-0.39, 0.29) is 35.2 Å². The summed E-state index contributed by atoms with van der Waals surface area (Å²) in [4.78, 5) is 14.0. The first-order valence-electron chi connectivity index (χ1n) is 14.0. The van der Waals surface area contributed by atoms with Gasteiger partial charge in [-0.15, -0.1) is 0 Å². The van der Waals surface area contributed by atoms with E-state index >= 15 is 0 Å². The first-order valence-corrected chi connectivity index (χ1v) is 14.0. The highest BCUT2D eigenvalue weighted by molar-refractivity contribution is 5.89. The Labute approximate surface area is 217 Å². The molecule has 2 bridgehead atoms. The number of piperidine rings is 2. The number of carboxylic acid groups (broad SMARTS) is 1. The summed E-state index contributed by atoms with van der Waals surface area (Å²) >= 11 is 0. The zero-order chi connectivity index (χ0) is 26.2. The molecule has 2 heterocycles. The lowest BCUT2D eigenvalue weighted by atomic mass is 9.78. The van der Waals surface area contributed by atoms with E-state index in [1.807, 2.05) is 12.1 Å². The number of nitrogens with zero attached hydrogens (tertiary/aromatic N) is 1. The van der Waals surface area contributed by atoms with E-state index in [9.17, 15) is 23.1 Å². The molecule has 0 radical (unpaired) electrons. The monoisotopic (exact) mass is 517 g/mol. The van der Waals surface area contributed by atoms with Gasteiger partial charge < -0.3 is 9.84 Å². The number of benzene rings is 2. The van der Waals surface area contributed by atoms with Gasteiger partial charge in [0.1, 0.15) is 11.3 Å². The third-order valence-electron chi connectivity index (χ3n) is 9.13. The number of fused-ring (bicyclic) bond motifs is 3. The van der Waals surface area contributed by atoms with Gasteiger partial charge in [-0.25, -0.2) is 0 Å². The first-order chi connectivity index (χ1) is 17.7. The minimum Gasteiger partial charge on any atom is -0.490 e. The van der Waals surface area contributed by atoms with E-state index < -0.39 is 17.7 Å². The first kappa shape index (κ1) is 26.3. The molecule has 37 heavy (non-hydrogen) atoms. The van der Waals surface area contributed by atoms with Crippen molar-refractivity contribution in [2.24, 2.45) is 11.8 Å². The highest BCUT2D eigenvalue weighted by Crippen LogP contribution is 2.43. The summed E-state index contributed by atoms with van der Waals surface area (Å²) in [5, 5.41) is 10.3. The Bertz CT molecular complexity index is 1100. The van der Waals surface area contributed by atoms with Crippen molar-refractivity contribution in [3.8, 4) is 5.75 Å². The molecule has 4 nitrogen and oxygen atoms in total. The molecule has 0 amide bonds. The van der Waals surface area contributed by atoms with Crippen LogP contribution in [0.4, 0.5) is 13.2 Å². The highest BCUT2D eigenvalue weighted by Gasteiger charge is 2.40. The third-order valence-corrected chi connectivity index (χ3v) is 9.13. The van der Waals surface area contributed by atoms with Gasteiger partial charge in [0, 0.05) is 18.6 Å². The van der Waals surface area contributed by atoms with E-state index in [2.05, 4.69) is 11.8 Å². The maximum Gasteiger partial charge on any atom is 0.420 e. The Hall–Kier alpha value is -2.28. The van der Waals surface area contributed by atoms with Crippen LogP contribution in [0.15, 0.2) is 30.3 Å². The molecule has 3 aliphatic rings. The maximum absolute atomic E-state index is 14.2. The Morgan fingerprint density at radius 3 is 2.35 bits per heavy atom. The summed E-state index contributed by atoms with van der Waals surface area (Å²) in [6, 6.07) is 9.13. The number of carbonyl (C=O) groups is 1. The lowest BCUT2D eigenvalue weighted by Crippen LogP contribution is -2.53. The summed E-state index contributed by atoms with van der Waals surface area (Å²) in [6.45, 7) is 2.97. The molecule has 2 saturated heterocycles. The fraction of sp³-hybridized carbons (Fsp3) is 0.633. The lowest BCUT2D eigenvalue weighted by molar-refractivity contribution is -0.146. The Kier molecular flexibility index (Phi) is 7.71. The van der Waals surface area contributed by atoms with Gasteiger partial charge in [-0.3, -0.25) is 9.69 Å². The van der Waals surface area contributed by atoms with Crippen LogP contribution in [0.25, 0.3) is 10.8 Å². The van der Waals surface area contributed by atoms with Crippen LogP contribution < -0.4 is 4.74 Å². The normalized spacial score (nSPS) is 28.8. The third kappa shape index (κ3) is 5.76. The zero-order valence-corrected chi connectivity index (χ0v) is 21.6. The molecule has 0 spiro atoms. The molecule has 2 atom stereocenters. The van der Waals surface area contributed by atoms with Crippen LogP contribution in [-0.2, 0) is 17.4 Å². The zero-order valence-electron chi connectivity index (χ0n) is 21.6. The van der Waals surface area contributed by atoms with Gasteiger partial charge in [-0.1, -0.05) is 44.0 Å². The van der Waals surface area contributed by atoms with Crippen LogP contribution in [0.1, 0.15) is 82.3 Å². The molecule has 2 aromatic rings. The molecule has 2 unspecified atom stereocenters. The van der Waals surface area contributed by atoms with E-state index in [1.165, 1.54) is 6.07 Å². The average Bonchev–Trinajstić information content (AvgIpc) is 2.86. The van der Waals surface area contributed by atoms with Gasteiger partial charge in [0.15, 0.2) is 0 Å². The summed E-state index contributed by atoms with van der Waals surface area (Å²) < 4.78 is 48.7. The number of carboxylic acids is 1. The SMILES string of the molecule is CCC1CCC(Oc2ccc3cc(CCN4C5CCCC4CC(C(=O)O)C5)ccc3c2C(F)(F)F)CC1. The average molecular weight is 518 g/mol. The van der Waals surface area contributed by atoms with Gasteiger partial charge in [0.25, 0.3) is 0 Å². The van der Waals surface area contributed by atoms with E-state index in [1.54, 1.807) is 12.1 Å². The van der Waals surface area contributed by atoms with Crippen LogP contribution in [0, 0.1) is 11.8 Å². The number of halogens is 3. The van der Waals surface area contributed by atoms with E-state index in [4.69, 9.17) is 4.74 Å². The molecule has 1 aliphatic carbocycles. The van der Waals surface area contributed by atoms with Crippen LogP contribution in [0.3, 0.4) is 0 Å². The van der Waals surface area contributed by atoms with E-state index in [0.29, 0.717) is 24.1 Å². The van der Waals surface area contributed by atoms with Gasteiger partial charge >= 0.3 is 12.1 Å². The van der Waals surface area contributed by atoms with Crippen molar-refractivity contribution in [3.05, 3.63) is 41.5 Å². The fourth-order valence-corrected chi connectivity index (χ4v) is 7.05. The summed E-state index contributed by atoms with van der Waals surface area (Å²) in [6.07, 6.45) is 5.39. The quantitative estimate of drug-likeness (QED) is 0.414. The van der Waals surface area contributed by atoms with Crippen molar-refractivity contribution >= 4 is 16.7 Å². The second kappa shape index (κ2) is 10.8. The minimum absolute atomic E-state index is 0.0539. The Morgan fingerprint density at radius 1 is 1.03 bits per heavy atom. The standard InChI is InChI=1S/C30H38F3NO3/c1-2-19-6-10-25(11-7-19)37-27-13-9-21-16-20(8-12-26(21)28(27)30(31,32)33)14-15-34-23-4-3-5-24(34)18-22(17-23)29(35)36/h8-9,12-13,16,19,22-25H,2-7,10-11,14-15,17-18H2,1H3,(H,35,36). The Balaban J connectivity index is 1.32. The lowest BCUT2D eigenvalue weighted by Gasteiger charge is -2.48. The predicted octanol–water partition coefficient (Wildman–Crippen LogP) is 7.47. The number of rotatable bonds is 7. The smallest absolute Gasteiger partial charge is 0.420 e. The van der Waals surface area contributed by atoms with Gasteiger partial charge in [-0.2, -0.15) is 13.2 Å². The highest BCUT2D eigenvalue weighted by atomic mass is 19.4. The molecule has 0 aromatic heterocycles. The maximum atomic E-state index is 14.2. The van der Waals surface area contributed by atoms with Gasteiger partial charge in [0.05, 0.1) is 12.0 Å². The van der Waals surface area contributed by atoms with Crippen molar-refractivity contribution in [1.82, 2.24) is 4.90 Å². The summed E-state index contributed by atoms with van der Waals surface area (Å²) in [7, 11) is 0. The molecule has 7 heteroatoms. The molecule has 5 rings (SSSR count). The molecule has 1 N–H and O–H groups in total.